The number of aromatic nitrogens is 1. The van der Waals surface area contributed by atoms with E-state index in [4.69, 9.17) is 35.6 Å². The average Bonchev–Trinajstić information content (AvgIpc) is 3.53. The fourth-order valence-corrected chi connectivity index (χ4v) is 14.4. The minimum absolute atomic E-state index is 0.387. The van der Waals surface area contributed by atoms with Crippen LogP contribution in [-0.2, 0) is 13.5 Å². The third-order valence-corrected chi connectivity index (χ3v) is 17.1. The van der Waals surface area contributed by atoms with Gasteiger partial charge in [-0.1, -0.05) is 0 Å². The summed E-state index contributed by atoms with van der Waals surface area (Å²) in [5, 5.41) is 0.531. The zero-order chi connectivity index (χ0) is 34.3. The number of hydrogen-bond donors (Lipinski definition) is 0. The van der Waals surface area contributed by atoms with Crippen molar-refractivity contribution in [3.63, 3.8) is 0 Å². The Balaban J connectivity index is 2.11. The number of pyridine rings is 1. The molecule has 264 valence electrons. The van der Waals surface area contributed by atoms with E-state index in [0.717, 1.165) is 51.4 Å². The molecule has 0 atom stereocenters. The van der Waals surface area contributed by atoms with Crippen LogP contribution in [0.25, 0.3) is 0 Å². The maximum atomic E-state index is 7.91. The van der Waals surface area contributed by atoms with Gasteiger partial charge in [0.1, 0.15) is 0 Å². The van der Waals surface area contributed by atoms with Crippen LogP contribution in [0, 0.1) is 0 Å². The molecule has 0 fully saturated rings. The van der Waals surface area contributed by atoms with Crippen LogP contribution in [-0.4, -0.2) is 9.62 Å². The van der Waals surface area contributed by atoms with Gasteiger partial charge in [-0.25, -0.2) is 0 Å². The van der Waals surface area contributed by atoms with Crippen molar-refractivity contribution in [3.05, 3.63) is 94.4 Å². The summed E-state index contributed by atoms with van der Waals surface area (Å²) >= 11 is 3.26. The molecule has 3 nitrogen and oxygen atoms in total. The number of benzene rings is 2. The first-order chi connectivity index (χ1) is 22.7. The Bertz CT molecular complexity index is 1330. The van der Waals surface area contributed by atoms with E-state index in [1.807, 2.05) is 12.1 Å². The SMILES string of the molecule is CCC(CC)c1cccc(C(CC)CC)c1N1C=CN(c2c(C(CC)CC)cccc2C(CC)CC)[CH]1[Pd-2]([Cl])([Cl])[c]1ncccc1Cl. The summed E-state index contributed by atoms with van der Waals surface area (Å²) in [7, 11) is 15.8. The predicted octanol–water partition coefficient (Wildman–Crippen LogP) is 13.2. The second-order valence-electron chi connectivity index (χ2n) is 12.7. The molecule has 0 spiro atoms. The third kappa shape index (κ3) is 7.64. The summed E-state index contributed by atoms with van der Waals surface area (Å²) in [5.41, 5.74) is 8.01. The molecule has 0 unspecified atom stereocenters. The zero-order valence-electron chi connectivity index (χ0n) is 29.7. The molecule has 7 heteroatoms. The molecule has 3 aromatic rings. The van der Waals surface area contributed by atoms with E-state index in [1.54, 1.807) is 6.20 Å². The van der Waals surface area contributed by atoms with Gasteiger partial charge in [0.05, 0.1) is 0 Å². The van der Waals surface area contributed by atoms with Crippen molar-refractivity contribution in [2.45, 2.75) is 135 Å². The molecule has 0 radical (unpaired) electrons. The number of rotatable bonds is 16. The van der Waals surface area contributed by atoms with E-state index in [2.05, 4.69) is 114 Å². The maximum absolute atomic E-state index is 7.91. The van der Waals surface area contributed by atoms with Crippen LogP contribution >= 0.6 is 30.7 Å². The Morgan fingerprint density at radius 3 is 1.21 bits per heavy atom. The summed E-state index contributed by atoms with van der Waals surface area (Å²) in [4.78, 5) is 9.67. The molecule has 4 rings (SSSR count). The van der Waals surface area contributed by atoms with E-state index in [-0.39, 0.29) is 4.64 Å². The van der Waals surface area contributed by atoms with Gasteiger partial charge >= 0.3 is 304 Å². The van der Waals surface area contributed by atoms with Gasteiger partial charge in [0.25, 0.3) is 0 Å². The first-order valence-corrected chi connectivity index (χ1v) is 23.9. The van der Waals surface area contributed by atoms with Crippen molar-refractivity contribution in [3.8, 4) is 0 Å². The topological polar surface area (TPSA) is 19.4 Å². The van der Waals surface area contributed by atoms with Crippen molar-refractivity contribution in [2.24, 2.45) is 0 Å². The monoisotopic (exact) mass is 789 g/mol. The molecule has 2 heterocycles. The van der Waals surface area contributed by atoms with Gasteiger partial charge < -0.3 is 0 Å². The van der Waals surface area contributed by atoms with Gasteiger partial charge in [0.2, 0.25) is 0 Å². The summed E-state index contributed by atoms with van der Waals surface area (Å²) in [5.74, 6) is 1.67. The van der Waals surface area contributed by atoms with Crippen molar-refractivity contribution in [1.29, 1.82) is 0 Å². The Morgan fingerprint density at radius 1 is 0.574 bits per heavy atom. The molecule has 1 aromatic heterocycles. The number of anilines is 2. The molecule has 2 aromatic carbocycles. The van der Waals surface area contributed by atoms with Crippen LogP contribution in [0.2, 0.25) is 5.02 Å². The minimum atomic E-state index is -3.67. The molecule has 0 saturated carbocycles. The summed E-state index contributed by atoms with van der Waals surface area (Å²) in [6.45, 7) is 18.4. The molecule has 1 aliphatic rings. The fraction of sp³-hybridized carbons (Fsp3) is 0.525. The standard InChI is InChI=1S/C35H53N2.C5H3ClN.2ClH.Pd/c1-9-26(10-2)30-19-17-20-31(27(11-3)12-4)34(30)36-23-24-37(25-36)35-32(28(13-5)14-6)21-18-22-33(35)29(15-7)16-8;6-5-2-1-3-7-4-5;;;/h17-29H,9-16H2,1-8H3;1-3H;2*1H;/p-2. The second kappa shape index (κ2) is 17.4. The van der Waals surface area contributed by atoms with Crippen molar-refractivity contribution >= 4 is 46.2 Å². The van der Waals surface area contributed by atoms with Gasteiger partial charge in [-0.05, 0) is 0 Å². The van der Waals surface area contributed by atoms with E-state index < -0.39 is 13.5 Å². The Hall–Kier alpha value is -1.54. The van der Waals surface area contributed by atoms with Gasteiger partial charge in [-0.3, -0.25) is 0 Å². The van der Waals surface area contributed by atoms with E-state index in [9.17, 15) is 0 Å². The normalized spacial score (nSPS) is 14.5. The van der Waals surface area contributed by atoms with Crippen LogP contribution in [0.4, 0.5) is 11.4 Å². The van der Waals surface area contributed by atoms with E-state index in [0.29, 0.717) is 32.9 Å². The number of halogens is 3. The number of para-hydroxylation sites is 2. The van der Waals surface area contributed by atoms with Gasteiger partial charge in [0, 0.05) is 0 Å². The van der Waals surface area contributed by atoms with Crippen molar-refractivity contribution in [2.75, 3.05) is 9.80 Å². The van der Waals surface area contributed by atoms with E-state index in [1.165, 1.54) is 33.6 Å². The Kier molecular flexibility index (Phi) is 14.2. The molecule has 0 bridgehead atoms. The molecule has 0 aliphatic carbocycles. The van der Waals surface area contributed by atoms with Gasteiger partial charge in [-0.15, -0.1) is 0 Å². The summed E-state index contributed by atoms with van der Waals surface area (Å²) in [6.07, 6.45) is 14.8. The predicted molar refractivity (Wildman–Crippen MR) is 205 cm³/mol. The first kappa shape index (κ1) is 38.3. The second-order valence-corrected chi connectivity index (χ2v) is 21.7. The first-order valence-electron chi connectivity index (χ1n) is 17.8. The number of hydrogen-bond acceptors (Lipinski definition) is 3. The van der Waals surface area contributed by atoms with Gasteiger partial charge in [0.15, 0.2) is 0 Å². The molecule has 47 heavy (non-hydrogen) atoms. The summed E-state index contributed by atoms with van der Waals surface area (Å²) in [6, 6.07) is 17.6. The quantitative estimate of drug-likeness (QED) is 0.135. The van der Waals surface area contributed by atoms with Crippen molar-refractivity contribution in [1.82, 2.24) is 4.98 Å². The Labute approximate surface area is 302 Å². The van der Waals surface area contributed by atoms with Gasteiger partial charge in [-0.2, -0.15) is 0 Å². The number of nitrogens with zero attached hydrogens (tertiary/aromatic N) is 3. The third-order valence-electron chi connectivity index (χ3n) is 10.3. The van der Waals surface area contributed by atoms with Crippen molar-refractivity contribution < 1.29 is 13.5 Å². The molecular formula is C40H56Cl3N3Pd-2. The molecule has 0 saturated heterocycles. The Morgan fingerprint density at radius 2 is 0.915 bits per heavy atom. The van der Waals surface area contributed by atoms with Crippen LogP contribution < -0.4 is 14.0 Å². The van der Waals surface area contributed by atoms with Crippen LogP contribution in [0.1, 0.15) is 153 Å². The molecule has 1 aliphatic heterocycles. The summed E-state index contributed by atoms with van der Waals surface area (Å²) < 4.78 is 0.237. The molecule has 0 amide bonds. The fourth-order valence-electron chi connectivity index (χ4n) is 7.55. The van der Waals surface area contributed by atoms with Crippen LogP contribution in [0.15, 0.2) is 67.1 Å². The van der Waals surface area contributed by atoms with Crippen LogP contribution in [0.3, 0.4) is 0 Å². The van der Waals surface area contributed by atoms with E-state index >= 15 is 0 Å². The molecule has 0 N–H and O–H groups in total. The molecular weight excluding hydrogens is 735 g/mol. The zero-order valence-corrected chi connectivity index (χ0v) is 33.5. The average molecular weight is 792 g/mol. The van der Waals surface area contributed by atoms with Crippen LogP contribution in [0.5, 0.6) is 0 Å².